The van der Waals surface area contributed by atoms with Crippen molar-refractivity contribution in [3.05, 3.63) is 71.8 Å². The topological polar surface area (TPSA) is 97.2 Å². The Labute approximate surface area is 182 Å². The molecule has 1 N–H and O–H groups in total. The second-order valence-corrected chi connectivity index (χ2v) is 9.61. The maximum atomic E-state index is 13.2. The Bertz CT molecular complexity index is 1190. The lowest BCUT2D eigenvalue weighted by Gasteiger charge is -2.26. The fourth-order valence-electron chi connectivity index (χ4n) is 3.32. The number of carbonyl (C=O) groups is 1. The molecule has 162 valence electrons. The molecule has 1 aliphatic rings. The third kappa shape index (κ3) is 4.52. The quantitative estimate of drug-likeness (QED) is 0.611. The molecule has 0 bridgehead atoms. The number of aromatic nitrogens is 3. The zero-order valence-electron chi connectivity index (χ0n) is 17.7. The minimum Gasteiger partial charge on any atom is -0.335 e. The molecule has 1 amide bonds. The average Bonchev–Trinajstić information content (AvgIpc) is 3.39. The average molecular weight is 440 g/mol. The molecule has 31 heavy (non-hydrogen) atoms. The van der Waals surface area contributed by atoms with E-state index in [1.807, 2.05) is 38.1 Å². The standard InChI is InChI=1S/C22H25N5O3S/c1-15-4-11-20(31(29,30)25-18-7-8-18)12-21(15)22(28)26(3)16(2)17-5-9-19(10-6-17)27-14-23-13-24-27/h4-6,9-14,16,18,25H,7-8H2,1-3H3. The zero-order valence-corrected chi connectivity index (χ0v) is 18.5. The van der Waals surface area contributed by atoms with Crippen molar-refractivity contribution >= 4 is 15.9 Å². The van der Waals surface area contributed by atoms with Gasteiger partial charge in [0.2, 0.25) is 10.0 Å². The van der Waals surface area contributed by atoms with Gasteiger partial charge in [-0.1, -0.05) is 18.2 Å². The normalized spacial score (nSPS) is 14.9. The molecule has 0 spiro atoms. The summed E-state index contributed by atoms with van der Waals surface area (Å²) in [4.78, 5) is 18.9. The van der Waals surface area contributed by atoms with Crippen LogP contribution in [0.2, 0.25) is 0 Å². The van der Waals surface area contributed by atoms with Gasteiger partial charge in [0, 0.05) is 18.7 Å². The summed E-state index contributed by atoms with van der Waals surface area (Å²) in [5.41, 5.74) is 2.94. The van der Waals surface area contributed by atoms with E-state index in [9.17, 15) is 13.2 Å². The highest BCUT2D eigenvalue weighted by molar-refractivity contribution is 7.89. The lowest BCUT2D eigenvalue weighted by atomic mass is 10.0. The first-order chi connectivity index (χ1) is 14.8. The Morgan fingerprint density at radius 2 is 1.90 bits per heavy atom. The lowest BCUT2D eigenvalue weighted by molar-refractivity contribution is 0.0741. The molecule has 0 saturated heterocycles. The van der Waals surface area contributed by atoms with Crippen LogP contribution in [0.15, 0.2) is 60.0 Å². The van der Waals surface area contributed by atoms with Crippen LogP contribution in [0.4, 0.5) is 0 Å². The fraction of sp³-hybridized carbons (Fsp3) is 0.318. The highest BCUT2D eigenvalue weighted by atomic mass is 32.2. The van der Waals surface area contributed by atoms with E-state index in [4.69, 9.17) is 0 Å². The van der Waals surface area contributed by atoms with Crippen molar-refractivity contribution < 1.29 is 13.2 Å². The van der Waals surface area contributed by atoms with Crippen LogP contribution in [0, 0.1) is 6.92 Å². The van der Waals surface area contributed by atoms with E-state index in [1.165, 1.54) is 12.4 Å². The summed E-state index contributed by atoms with van der Waals surface area (Å²) in [7, 11) is -1.90. The Morgan fingerprint density at radius 3 is 2.52 bits per heavy atom. The molecule has 9 heteroatoms. The summed E-state index contributed by atoms with van der Waals surface area (Å²) in [6.07, 6.45) is 4.80. The molecule has 1 atom stereocenters. The number of hydrogen-bond donors (Lipinski definition) is 1. The molecule has 1 aliphatic carbocycles. The van der Waals surface area contributed by atoms with Gasteiger partial charge < -0.3 is 4.90 Å². The van der Waals surface area contributed by atoms with Crippen molar-refractivity contribution in [3.8, 4) is 5.69 Å². The Balaban J connectivity index is 1.55. The second-order valence-electron chi connectivity index (χ2n) is 7.90. The van der Waals surface area contributed by atoms with Crippen molar-refractivity contribution in [2.45, 2.75) is 43.7 Å². The van der Waals surface area contributed by atoms with Crippen molar-refractivity contribution in [3.63, 3.8) is 0 Å². The third-order valence-electron chi connectivity index (χ3n) is 5.61. The first-order valence-electron chi connectivity index (χ1n) is 10.1. The lowest BCUT2D eigenvalue weighted by Crippen LogP contribution is -2.31. The van der Waals surface area contributed by atoms with Gasteiger partial charge in [0.15, 0.2) is 0 Å². The molecular weight excluding hydrogens is 414 g/mol. The van der Waals surface area contributed by atoms with Crippen LogP contribution in [-0.4, -0.2) is 47.1 Å². The Hall–Kier alpha value is -3.04. The number of nitrogens with one attached hydrogen (secondary N) is 1. The van der Waals surface area contributed by atoms with Gasteiger partial charge >= 0.3 is 0 Å². The van der Waals surface area contributed by atoms with E-state index < -0.39 is 10.0 Å². The maximum absolute atomic E-state index is 13.2. The van der Waals surface area contributed by atoms with E-state index in [-0.39, 0.29) is 22.9 Å². The number of carbonyl (C=O) groups excluding carboxylic acids is 1. The minimum atomic E-state index is -3.63. The van der Waals surface area contributed by atoms with Gasteiger partial charge in [-0.15, -0.1) is 0 Å². The van der Waals surface area contributed by atoms with E-state index in [0.29, 0.717) is 5.56 Å². The number of hydrogen-bond acceptors (Lipinski definition) is 5. The van der Waals surface area contributed by atoms with Gasteiger partial charge in [-0.05, 0) is 62.1 Å². The summed E-state index contributed by atoms with van der Waals surface area (Å²) in [5, 5.41) is 4.11. The molecule has 1 aromatic heterocycles. The predicted octanol–water partition coefficient (Wildman–Crippen LogP) is 2.85. The molecule has 1 heterocycles. The highest BCUT2D eigenvalue weighted by Gasteiger charge is 2.29. The van der Waals surface area contributed by atoms with Gasteiger partial charge in [0.1, 0.15) is 12.7 Å². The van der Waals surface area contributed by atoms with E-state index >= 15 is 0 Å². The largest absolute Gasteiger partial charge is 0.335 e. The third-order valence-corrected chi connectivity index (χ3v) is 7.13. The van der Waals surface area contributed by atoms with Gasteiger partial charge in [-0.2, -0.15) is 5.10 Å². The molecule has 8 nitrogen and oxygen atoms in total. The molecule has 2 aromatic carbocycles. The number of benzene rings is 2. The van der Waals surface area contributed by atoms with E-state index in [0.717, 1.165) is 29.7 Å². The van der Waals surface area contributed by atoms with Crippen LogP contribution in [0.1, 0.15) is 47.3 Å². The number of sulfonamides is 1. The number of nitrogens with zero attached hydrogens (tertiary/aromatic N) is 4. The minimum absolute atomic E-state index is 0.00800. The summed E-state index contributed by atoms with van der Waals surface area (Å²) in [6, 6.07) is 12.2. The highest BCUT2D eigenvalue weighted by Crippen LogP contribution is 2.26. The van der Waals surface area contributed by atoms with Crippen LogP contribution in [0.3, 0.4) is 0 Å². The first kappa shape index (κ1) is 21.2. The van der Waals surface area contributed by atoms with Gasteiger partial charge in [0.05, 0.1) is 16.6 Å². The molecule has 4 rings (SSSR count). The van der Waals surface area contributed by atoms with Crippen LogP contribution in [0.25, 0.3) is 5.69 Å². The van der Waals surface area contributed by atoms with Crippen LogP contribution in [0.5, 0.6) is 0 Å². The van der Waals surface area contributed by atoms with Crippen LogP contribution >= 0.6 is 0 Å². The first-order valence-corrected chi connectivity index (χ1v) is 11.6. The molecule has 1 saturated carbocycles. The Kier molecular flexibility index (Phi) is 5.63. The van der Waals surface area contributed by atoms with Gasteiger partial charge in [-0.3, -0.25) is 4.79 Å². The number of rotatable bonds is 7. The second kappa shape index (κ2) is 8.24. The molecule has 0 radical (unpaired) electrons. The molecule has 1 fully saturated rings. The number of aryl methyl sites for hydroxylation is 1. The maximum Gasteiger partial charge on any atom is 0.254 e. The summed E-state index contributed by atoms with van der Waals surface area (Å²) < 4.78 is 29.5. The van der Waals surface area contributed by atoms with E-state index in [1.54, 1.807) is 35.1 Å². The molecule has 0 aliphatic heterocycles. The summed E-state index contributed by atoms with van der Waals surface area (Å²) in [6.45, 7) is 3.75. The van der Waals surface area contributed by atoms with E-state index in [2.05, 4.69) is 14.8 Å². The number of amides is 1. The fourth-order valence-corrected chi connectivity index (χ4v) is 4.65. The predicted molar refractivity (Wildman–Crippen MR) is 116 cm³/mol. The summed E-state index contributed by atoms with van der Waals surface area (Å²) in [5.74, 6) is -0.228. The SMILES string of the molecule is Cc1ccc(S(=O)(=O)NC2CC2)cc1C(=O)N(C)C(C)c1ccc(-n2cncn2)cc1. The Morgan fingerprint density at radius 1 is 1.19 bits per heavy atom. The van der Waals surface area contributed by atoms with Crippen LogP contribution in [-0.2, 0) is 10.0 Å². The smallest absolute Gasteiger partial charge is 0.254 e. The van der Waals surface area contributed by atoms with Crippen molar-refractivity contribution in [1.29, 1.82) is 0 Å². The molecular formula is C22H25N5O3S. The van der Waals surface area contributed by atoms with Gasteiger partial charge in [-0.25, -0.2) is 22.8 Å². The zero-order chi connectivity index (χ0) is 22.2. The van der Waals surface area contributed by atoms with Crippen molar-refractivity contribution in [2.24, 2.45) is 0 Å². The van der Waals surface area contributed by atoms with Gasteiger partial charge in [0.25, 0.3) is 5.91 Å². The van der Waals surface area contributed by atoms with Crippen LogP contribution < -0.4 is 4.72 Å². The summed E-state index contributed by atoms with van der Waals surface area (Å²) >= 11 is 0. The van der Waals surface area contributed by atoms with Crippen molar-refractivity contribution in [2.75, 3.05) is 7.05 Å². The van der Waals surface area contributed by atoms with Crippen molar-refractivity contribution in [1.82, 2.24) is 24.4 Å². The molecule has 1 unspecified atom stereocenters. The monoisotopic (exact) mass is 439 g/mol. The molecule has 3 aromatic rings.